The first kappa shape index (κ1) is 10.0. The second kappa shape index (κ2) is 4.83. The lowest BCUT2D eigenvalue weighted by Gasteiger charge is -2.08. The molecule has 3 nitrogen and oxygen atoms in total. The van der Waals surface area contributed by atoms with Gasteiger partial charge in [-0.05, 0) is 28.4 Å². The highest BCUT2D eigenvalue weighted by molar-refractivity contribution is 9.10. The Morgan fingerprint density at radius 2 is 2.46 bits per heavy atom. The molecule has 1 atom stereocenters. The molecule has 13 heavy (non-hydrogen) atoms. The average molecular weight is 241 g/mol. The van der Waals surface area contributed by atoms with E-state index in [-0.39, 0.29) is 0 Å². The predicted molar refractivity (Wildman–Crippen MR) is 52.3 cm³/mol. The molecule has 0 bridgehead atoms. The molecule has 0 spiro atoms. The average Bonchev–Trinajstić information content (AvgIpc) is 2.17. The van der Waals surface area contributed by atoms with Gasteiger partial charge in [0.05, 0.1) is 0 Å². The van der Waals surface area contributed by atoms with Crippen molar-refractivity contribution in [2.75, 3.05) is 0 Å². The van der Waals surface area contributed by atoms with Crippen LogP contribution in [0.25, 0.3) is 0 Å². The maximum Gasteiger partial charge on any atom is 0.214 e. The van der Waals surface area contributed by atoms with Crippen LogP contribution in [-0.2, 0) is 0 Å². The number of hydrogen-bond donors (Lipinski definition) is 0. The zero-order chi connectivity index (χ0) is 9.68. The molecule has 0 N–H and O–H groups in total. The lowest BCUT2D eigenvalue weighted by atomic mass is 10.3. The fraction of sp³-hybridized carbons (Fsp3) is 0.333. The minimum Gasteiger partial charge on any atom is -0.459 e. The summed E-state index contributed by atoms with van der Waals surface area (Å²) in [5.74, 6) is 0.483. The van der Waals surface area contributed by atoms with Crippen LogP contribution in [0, 0.1) is 11.3 Å². The highest BCUT2D eigenvalue weighted by Crippen LogP contribution is 2.13. The molecule has 0 aliphatic heterocycles. The molecule has 0 aromatic carbocycles. The first-order valence-corrected chi connectivity index (χ1v) is 4.73. The Hall–Kier alpha value is -1.08. The van der Waals surface area contributed by atoms with E-state index in [1.165, 1.54) is 0 Å². The molecule has 1 aromatic heterocycles. The first-order valence-electron chi connectivity index (χ1n) is 3.94. The van der Waals surface area contributed by atoms with Gasteiger partial charge in [0.15, 0.2) is 6.10 Å². The summed E-state index contributed by atoms with van der Waals surface area (Å²) in [5.41, 5.74) is 0. The third-order valence-electron chi connectivity index (χ3n) is 1.48. The highest BCUT2D eigenvalue weighted by Gasteiger charge is 2.05. The van der Waals surface area contributed by atoms with Gasteiger partial charge < -0.3 is 4.74 Å². The van der Waals surface area contributed by atoms with E-state index in [2.05, 4.69) is 20.9 Å². The van der Waals surface area contributed by atoms with Crippen molar-refractivity contribution in [2.45, 2.75) is 19.4 Å². The maximum absolute atomic E-state index is 8.63. The van der Waals surface area contributed by atoms with Gasteiger partial charge in [-0.2, -0.15) is 5.26 Å². The van der Waals surface area contributed by atoms with Gasteiger partial charge >= 0.3 is 0 Å². The second-order valence-electron chi connectivity index (χ2n) is 2.46. The van der Waals surface area contributed by atoms with Gasteiger partial charge in [0.2, 0.25) is 5.88 Å². The van der Waals surface area contributed by atoms with E-state index < -0.39 is 6.10 Å². The zero-order valence-corrected chi connectivity index (χ0v) is 8.78. The number of aromatic nitrogens is 1. The number of pyridine rings is 1. The molecule has 0 saturated heterocycles. The van der Waals surface area contributed by atoms with Gasteiger partial charge in [0.1, 0.15) is 6.07 Å². The van der Waals surface area contributed by atoms with Crippen LogP contribution in [-0.4, -0.2) is 11.1 Å². The van der Waals surface area contributed by atoms with E-state index in [0.29, 0.717) is 12.3 Å². The van der Waals surface area contributed by atoms with Crippen LogP contribution < -0.4 is 4.74 Å². The van der Waals surface area contributed by atoms with Gasteiger partial charge in [-0.3, -0.25) is 0 Å². The first-order chi connectivity index (χ1) is 6.26. The Morgan fingerprint density at radius 1 is 1.69 bits per heavy atom. The minimum atomic E-state index is -0.409. The van der Waals surface area contributed by atoms with Crippen molar-refractivity contribution in [2.24, 2.45) is 0 Å². The molecule has 1 rings (SSSR count). The number of nitriles is 1. The summed E-state index contributed by atoms with van der Waals surface area (Å²) in [6.45, 7) is 1.90. The summed E-state index contributed by atoms with van der Waals surface area (Å²) < 4.78 is 6.17. The summed E-state index contributed by atoms with van der Waals surface area (Å²) in [7, 11) is 0. The van der Waals surface area contributed by atoms with Crippen molar-refractivity contribution in [3.63, 3.8) is 0 Å². The van der Waals surface area contributed by atoms with Crippen molar-refractivity contribution in [1.82, 2.24) is 4.98 Å². The summed E-state index contributed by atoms with van der Waals surface area (Å²) in [6, 6.07) is 5.59. The van der Waals surface area contributed by atoms with Crippen LogP contribution in [0.3, 0.4) is 0 Å². The zero-order valence-electron chi connectivity index (χ0n) is 7.20. The number of nitrogens with zero attached hydrogens (tertiary/aromatic N) is 2. The number of ether oxygens (including phenoxy) is 1. The van der Waals surface area contributed by atoms with Gasteiger partial charge in [-0.25, -0.2) is 4.98 Å². The Balaban J connectivity index is 2.64. The van der Waals surface area contributed by atoms with E-state index in [4.69, 9.17) is 10.00 Å². The Kier molecular flexibility index (Phi) is 3.71. The molecule has 0 amide bonds. The third kappa shape index (κ3) is 3.03. The Labute approximate surface area is 85.5 Å². The van der Waals surface area contributed by atoms with E-state index in [1.807, 2.05) is 19.1 Å². The van der Waals surface area contributed by atoms with Gasteiger partial charge in [0.25, 0.3) is 0 Å². The van der Waals surface area contributed by atoms with E-state index in [0.717, 1.165) is 4.47 Å². The summed E-state index contributed by atoms with van der Waals surface area (Å²) in [4.78, 5) is 3.99. The van der Waals surface area contributed by atoms with Crippen molar-refractivity contribution in [3.8, 4) is 11.9 Å². The van der Waals surface area contributed by atoms with Crippen LogP contribution >= 0.6 is 15.9 Å². The summed E-state index contributed by atoms with van der Waals surface area (Å²) in [6.07, 6.45) is 1.89. The standard InChI is InChI=1S/C9H9BrN2O/c1-2-8(5-11)13-9-4-3-7(10)6-12-9/h3-4,6,8H,2H2,1H3. The number of rotatable bonds is 3. The maximum atomic E-state index is 8.63. The summed E-state index contributed by atoms with van der Waals surface area (Å²) in [5, 5.41) is 8.63. The molecule has 0 aliphatic rings. The molecule has 0 saturated carbocycles. The fourth-order valence-electron chi connectivity index (χ4n) is 0.779. The molecule has 1 aromatic rings. The molecule has 0 aliphatic carbocycles. The van der Waals surface area contributed by atoms with Crippen LogP contribution in [0.15, 0.2) is 22.8 Å². The lowest BCUT2D eigenvalue weighted by Crippen LogP contribution is -2.12. The van der Waals surface area contributed by atoms with Crippen LogP contribution in [0.1, 0.15) is 13.3 Å². The van der Waals surface area contributed by atoms with Gasteiger partial charge in [-0.1, -0.05) is 6.92 Å². The minimum absolute atomic E-state index is 0.409. The van der Waals surface area contributed by atoms with Crippen molar-refractivity contribution in [3.05, 3.63) is 22.8 Å². The predicted octanol–water partition coefficient (Wildman–Crippen LogP) is 2.53. The molecule has 68 valence electrons. The third-order valence-corrected chi connectivity index (χ3v) is 1.95. The van der Waals surface area contributed by atoms with Crippen LogP contribution in [0.4, 0.5) is 0 Å². The van der Waals surface area contributed by atoms with Crippen molar-refractivity contribution < 1.29 is 4.74 Å². The Bertz CT molecular complexity index is 304. The molecule has 0 radical (unpaired) electrons. The Morgan fingerprint density at radius 3 is 2.92 bits per heavy atom. The second-order valence-corrected chi connectivity index (χ2v) is 3.37. The molecule has 1 heterocycles. The topological polar surface area (TPSA) is 45.9 Å². The number of halogens is 1. The molecular formula is C9H9BrN2O. The molecule has 0 fully saturated rings. The van der Waals surface area contributed by atoms with Gasteiger partial charge in [-0.15, -0.1) is 0 Å². The molecule has 4 heteroatoms. The quantitative estimate of drug-likeness (QED) is 0.816. The normalized spacial score (nSPS) is 11.8. The molecular weight excluding hydrogens is 232 g/mol. The largest absolute Gasteiger partial charge is 0.459 e. The van der Waals surface area contributed by atoms with E-state index in [9.17, 15) is 0 Å². The highest BCUT2D eigenvalue weighted by atomic mass is 79.9. The number of hydrogen-bond acceptors (Lipinski definition) is 3. The smallest absolute Gasteiger partial charge is 0.214 e. The monoisotopic (exact) mass is 240 g/mol. The van der Waals surface area contributed by atoms with Crippen molar-refractivity contribution >= 4 is 15.9 Å². The summed E-state index contributed by atoms with van der Waals surface area (Å²) >= 11 is 3.26. The lowest BCUT2D eigenvalue weighted by molar-refractivity contribution is 0.242. The van der Waals surface area contributed by atoms with Crippen LogP contribution in [0.5, 0.6) is 5.88 Å². The van der Waals surface area contributed by atoms with E-state index in [1.54, 1.807) is 12.3 Å². The SMILES string of the molecule is CCC(C#N)Oc1ccc(Br)cn1. The van der Waals surface area contributed by atoms with E-state index >= 15 is 0 Å². The van der Waals surface area contributed by atoms with Crippen LogP contribution in [0.2, 0.25) is 0 Å². The fourth-order valence-corrected chi connectivity index (χ4v) is 1.01. The molecule has 1 unspecified atom stereocenters. The van der Waals surface area contributed by atoms with Gasteiger partial charge in [0, 0.05) is 16.7 Å². The van der Waals surface area contributed by atoms with Crippen molar-refractivity contribution in [1.29, 1.82) is 5.26 Å².